The van der Waals surface area contributed by atoms with Crippen molar-refractivity contribution in [2.45, 2.75) is 25.7 Å². The maximum atomic E-state index is 12.7. The molecule has 0 saturated heterocycles. The van der Waals surface area contributed by atoms with Crippen LogP contribution in [0.4, 0.5) is 17.1 Å². The van der Waals surface area contributed by atoms with Crippen molar-refractivity contribution in [1.82, 2.24) is 0 Å². The Morgan fingerprint density at radius 1 is 0.704 bits per heavy atom. The fourth-order valence-corrected chi connectivity index (χ4v) is 3.53. The number of rotatable bonds is 5. The lowest BCUT2D eigenvalue weighted by Gasteiger charge is -2.11. The second-order valence-electron chi connectivity index (χ2n) is 6.47. The Kier molecular flexibility index (Phi) is 5.37. The van der Waals surface area contributed by atoms with Gasteiger partial charge in [-0.15, -0.1) is 5.11 Å². The minimum atomic E-state index is -3.71. The van der Waals surface area contributed by atoms with Crippen molar-refractivity contribution >= 4 is 27.1 Å². The van der Waals surface area contributed by atoms with Crippen LogP contribution in [0, 0.1) is 20.8 Å². The average Bonchev–Trinajstić information content (AvgIpc) is 2.63. The van der Waals surface area contributed by atoms with Gasteiger partial charge in [0.15, 0.2) is 0 Å². The Hall–Kier alpha value is -2.99. The molecule has 0 fully saturated rings. The van der Waals surface area contributed by atoms with Gasteiger partial charge in [-0.25, -0.2) is 8.42 Å². The van der Waals surface area contributed by atoms with Crippen LogP contribution in [0.3, 0.4) is 0 Å². The normalized spacial score (nSPS) is 11.7. The summed E-state index contributed by atoms with van der Waals surface area (Å²) in [5.74, 6) is 0. The first-order chi connectivity index (χ1) is 12.8. The molecule has 0 unspecified atom stereocenters. The number of anilines is 1. The molecule has 27 heavy (non-hydrogen) atoms. The van der Waals surface area contributed by atoms with Crippen molar-refractivity contribution in [3.05, 3.63) is 83.4 Å². The molecule has 5 nitrogen and oxygen atoms in total. The number of hydrogen-bond acceptors (Lipinski definition) is 4. The summed E-state index contributed by atoms with van der Waals surface area (Å²) in [6, 6.07) is 19.7. The standard InChI is InChI=1S/C21H21N3O2S/c1-15-4-9-18(10-5-15)22-23-21-14-17(3)8-13-20(21)24-27(25,26)19-11-6-16(2)7-12-19/h4-14,24H,1-3H3. The second kappa shape index (κ2) is 7.72. The summed E-state index contributed by atoms with van der Waals surface area (Å²) in [5.41, 5.74) is 4.65. The largest absolute Gasteiger partial charge is 0.277 e. The van der Waals surface area contributed by atoms with E-state index in [9.17, 15) is 8.42 Å². The molecule has 0 aliphatic rings. The van der Waals surface area contributed by atoms with Crippen molar-refractivity contribution in [3.8, 4) is 0 Å². The van der Waals surface area contributed by atoms with Crippen molar-refractivity contribution in [2.75, 3.05) is 4.72 Å². The van der Waals surface area contributed by atoms with Gasteiger partial charge in [0.2, 0.25) is 0 Å². The number of hydrogen-bond donors (Lipinski definition) is 1. The maximum absolute atomic E-state index is 12.7. The monoisotopic (exact) mass is 379 g/mol. The van der Waals surface area contributed by atoms with Crippen molar-refractivity contribution in [3.63, 3.8) is 0 Å². The van der Waals surface area contributed by atoms with Gasteiger partial charge >= 0.3 is 0 Å². The molecule has 3 aromatic rings. The molecule has 0 aliphatic heterocycles. The quantitative estimate of drug-likeness (QED) is 0.567. The van der Waals surface area contributed by atoms with Crippen LogP contribution in [0.5, 0.6) is 0 Å². The van der Waals surface area contributed by atoms with Gasteiger partial charge in [0.25, 0.3) is 10.0 Å². The van der Waals surface area contributed by atoms with Crippen molar-refractivity contribution in [2.24, 2.45) is 10.2 Å². The highest BCUT2D eigenvalue weighted by molar-refractivity contribution is 7.92. The smallest absolute Gasteiger partial charge is 0.261 e. The molecule has 6 heteroatoms. The Bertz CT molecular complexity index is 1070. The lowest BCUT2D eigenvalue weighted by Crippen LogP contribution is -2.13. The summed E-state index contributed by atoms with van der Waals surface area (Å²) in [6.07, 6.45) is 0. The number of aryl methyl sites for hydroxylation is 3. The fourth-order valence-electron chi connectivity index (χ4n) is 2.45. The first-order valence-corrected chi connectivity index (χ1v) is 10.0. The van der Waals surface area contributed by atoms with Crippen LogP contribution in [-0.4, -0.2) is 8.42 Å². The van der Waals surface area contributed by atoms with E-state index >= 15 is 0 Å². The van der Waals surface area contributed by atoms with Gasteiger partial charge in [-0.1, -0.05) is 41.5 Å². The third-order valence-electron chi connectivity index (χ3n) is 4.04. The Morgan fingerprint density at radius 3 is 1.89 bits per heavy atom. The zero-order valence-corrected chi connectivity index (χ0v) is 16.3. The molecule has 138 valence electrons. The first kappa shape index (κ1) is 18.8. The van der Waals surface area contributed by atoms with E-state index in [0.717, 1.165) is 16.7 Å². The Morgan fingerprint density at radius 2 is 1.26 bits per heavy atom. The summed E-state index contributed by atoms with van der Waals surface area (Å²) in [7, 11) is -3.71. The van der Waals surface area contributed by atoms with Gasteiger partial charge in [0.1, 0.15) is 5.69 Å². The molecule has 0 radical (unpaired) electrons. The SMILES string of the molecule is Cc1ccc(N=Nc2cc(C)ccc2NS(=O)(=O)c2ccc(C)cc2)cc1. The minimum Gasteiger partial charge on any atom is -0.277 e. The van der Waals surface area contributed by atoms with Gasteiger partial charge in [0.05, 0.1) is 16.3 Å². The van der Waals surface area contributed by atoms with E-state index in [-0.39, 0.29) is 4.90 Å². The van der Waals surface area contributed by atoms with Crippen molar-refractivity contribution < 1.29 is 8.42 Å². The van der Waals surface area contributed by atoms with E-state index in [2.05, 4.69) is 15.0 Å². The number of azo groups is 1. The van der Waals surface area contributed by atoms with Crippen LogP contribution >= 0.6 is 0 Å². The first-order valence-electron chi connectivity index (χ1n) is 8.52. The van der Waals surface area contributed by atoms with Crippen LogP contribution < -0.4 is 4.72 Å². The summed E-state index contributed by atoms with van der Waals surface area (Å²) >= 11 is 0. The van der Waals surface area contributed by atoms with Crippen LogP contribution in [-0.2, 0) is 10.0 Å². The molecule has 3 aromatic carbocycles. The van der Waals surface area contributed by atoms with Gasteiger partial charge in [-0.2, -0.15) is 5.11 Å². The number of nitrogens with one attached hydrogen (secondary N) is 1. The van der Waals surface area contributed by atoms with E-state index in [0.29, 0.717) is 17.1 Å². The highest BCUT2D eigenvalue weighted by Crippen LogP contribution is 2.30. The molecule has 0 bridgehead atoms. The molecule has 0 aliphatic carbocycles. The average molecular weight is 379 g/mol. The third kappa shape index (κ3) is 4.80. The predicted molar refractivity (Wildman–Crippen MR) is 109 cm³/mol. The zero-order valence-electron chi connectivity index (χ0n) is 15.5. The van der Waals surface area contributed by atoms with Crippen LogP contribution in [0.1, 0.15) is 16.7 Å². The molecule has 0 spiro atoms. The number of benzene rings is 3. The molecular formula is C21H21N3O2S. The molecular weight excluding hydrogens is 358 g/mol. The van der Waals surface area contributed by atoms with Crippen LogP contribution in [0.25, 0.3) is 0 Å². The van der Waals surface area contributed by atoms with Crippen LogP contribution in [0.15, 0.2) is 81.9 Å². The molecule has 0 aromatic heterocycles. The zero-order chi connectivity index (χ0) is 19.4. The summed E-state index contributed by atoms with van der Waals surface area (Å²) in [4.78, 5) is 0.204. The molecule has 0 heterocycles. The summed E-state index contributed by atoms with van der Waals surface area (Å²) in [6.45, 7) is 5.83. The number of nitrogens with zero attached hydrogens (tertiary/aromatic N) is 2. The highest BCUT2D eigenvalue weighted by Gasteiger charge is 2.16. The Labute approximate surface area is 159 Å². The van der Waals surface area contributed by atoms with E-state index in [1.54, 1.807) is 36.4 Å². The van der Waals surface area contributed by atoms with E-state index in [1.807, 2.05) is 51.1 Å². The van der Waals surface area contributed by atoms with Gasteiger partial charge in [-0.3, -0.25) is 4.72 Å². The lowest BCUT2D eigenvalue weighted by molar-refractivity contribution is 0.601. The molecule has 0 amide bonds. The predicted octanol–water partition coefficient (Wildman–Crippen LogP) is 5.83. The van der Waals surface area contributed by atoms with Gasteiger partial charge in [-0.05, 0) is 62.7 Å². The fraction of sp³-hybridized carbons (Fsp3) is 0.143. The summed E-state index contributed by atoms with van der Waals surface area (Å²) in [5, 5.41) is 8.48. The number of sulfonamides is 1. The van der Waals surface area contributed by atoms with Crippen molar-refractivity contribution in [1.29, 1.82) is 0 Å². The van der Waals surface area contributed by atoms with Gasteiger partial charge in [0, 0.05) is 0 Å². The van der Waals surface area contributed by atoms with E-state index in [4.69, 9.17) is 0 Å². The van der Waals surface area contributed by atoms with Crippen LogP contribution in [0.2, 0.25) is 0 Å². The molecule has 3 rings (SSSR count). The van der Waals surface area contributed by atoms with Gasteiger partial charge < -0.3 is 0 Å². The second-order valence-corrected chi connectivity index (χ2v) is 8.16. The highest BCUT2D eigenvalue weighted by atomic mass is 32.2. The topological polar surface area (TPSA) is 70.9 Å². The molecule has 1 N–H and O–H groups in total. The summed E-state index contributed by atoms with van der Waals surface area (Å²) < 4.78 is 28.0. The molecule has 0 atom stereocenters. The minimum absolute atomic E-state index is 0.204. The van der Waals surface area contributed by atoms with E-state index in [1.165, 1.54) is 0 Å². The maximum Gasteiger partial charge on any atom is 0.261 e. The van der Waals surface area contributed by atoms with E-state index < -0.39 is 10.0 Å². The third-order valence-corrected chi connectivity index (χ3v) is 5.42. The molecule has 0 saturated carbocycles. The Balaban J connectivity index is 1.92. The lowest BCUT2D eigenvalue weighted by atomic mass is 10.2.